The SMILES string of the molecule is CN=C(NCCCCN1CCCC1)N1CCN(c2ccccc2Cl)CC1. The molecule has 2 aliphatic rings. The second-order valence-electron chi connectivity index (χ2n) is 7.16. The number of likely N-dealkylation sites (tertiary alicyclic amines) is 1. The van der Waals surface area contributed by atoms with Gasteiger partial charge in [0, 0.05) is 39.8 Å². The Hall–Kier alpha value is -1.46. The highest BCUT2D eigenvalue weighted by Crippen LogP contribution is 2.25. The molecule has 0 atom stereocenters. The van der Waals surface area contributed by atoms with E-state index in [1.54, 1.807) is 0 Å². The minimum atomic E-state index is 0.835. The molecule has 0 aromatic heterocycles. The molecule has 0 saturated carbocycles. The van der Waals surface area contributed by atoms with Crippen LogP contribution in [0.5, 0.6) is 0 Å². The summed E-state index contributed by atoms with van der Waals surface area (Å²) < 4.78 is 0. The van der Waals surface area contributed by atoms with Crippen LogP contribution in [0, 0.1) is 0 Å². The Morgan fingerprint density at radius 1 is 1.04 bits per heavy atom. The predicted octanol–water partition coefficient (Wildman–Crippen LogP) is 2.91. The second-order valence-corrected chi connectivity index (χ2v) is 7.56. The summed E-state index contributed by atoms with van der Waals surface area (Å²) in [6.07, 6.45) is 5.23. The smallest absolute Gasteiger partial charge is 0.193 e. The molecule has 0 bridgehead atoms. The molecule has 26 heavy (non-hydrogen) atoms. The maximum atomic E-state index is 6.33. The predicted molar refractivity (Wildman–Crippen MR) is 112 cm³/mol. The normalized spacial score (nSPS) is 19.2. The Labute approximate surface area is 163 Å². The maximum absolute atomic E-state index is 6.33. The highest BCUT2D eigenvalue weighted by molar-refractivity contribution is 6.33. The molecular weight excluding hydrogens is 346 g/mol. The number of benzene rings is 1. The van der Waals surface area contributed by atoms with Crippen molar-refractivity contribution in [3.8, 4) is 0 Å². The lowest BCUT2D eigenvalue weighted by molar-refractivity contribution is 0.329. The van der Waals surface area contributed by atoms with E-state index < -0.39 is 0 Å². The Bertz CT molecular complexity index is 577. The first-order valence-corrected chi connectivity index (χ1v) is 10.3. The standard InChI is InChI=1S/C20H32ClN5/c1-22-20(23-10-4-5-11-24-12-6-7-13-24)26-16-14-25(15-17-26)19-9-3-2-8-18(19)21/h2-3,8-9H,4-7,10-17H2,1H3,(H,22,23). The highest BCUT2D eigenvalue weighted by Gasteiger charge is 2.20. The molecular formula is C20H32ClN5. The number of rotatable bonds is 6. The van der Waals surface area contributed by atoms with Gasteiger partial charge < -0.3 is 20.0 Å². The van der Waals surface area contributed by atoms with Gasteiger partial charge in [0.15, 0.2) is 5.96 Å². The number of hydrogen-bond donors (Lipinski definition) is 1. The lowest BCUT2D eigenvalue weighted by atomic mass is 10.2. The number of hydrogen-bond acceptors (Lipinski definition) is 3. The molecule has 0 unspecified atom stereocenters. The Kier molecular flexibility index (Phi) is 7.44. The number of unbranched alkanes of at least 4 members (excludes halogenated alkanes) is 1. The van der Waals surface area contributed by atoms with E-state index in [1.807, 2.05) is 19.2 Å². The van der Waals surface area contributed by atoms with Gasteiger partial charge in [-0.15, -0.1) is 0 Å². The van der Waals surface area contributed by atoms with Gasteiger partial charge in [-0.3, -0.25) is 4.99 Å². The molecule has 144 valence electrons. The van der Waals surface area contributed by atoms with Crippen LogP contribution in [-0.4, -0.2) is 75.2 Å². The summed E-state index contributed by atoms with van der Waals surface area (Å²) in [5.74, 6) is 1.03. The first-order valence-electron chi connectivity index (χ1n) is 9.95. The minimum absolute atomic E-state index is 0.835. The number of piperazine rings is 1. The Balaban J connectivity index is 1.37. The molecule has 5 nitrogen and oxygen atoms in total. The average molecular weight is 378 g/mol. The summed E-state index contributed by atoms with van der Waals surface area (Å²) in [6.45, 7) is 8.73. The summed E-state index contributed by atoms with van der Waals surface area (Å²) in [5, 5.41) is 4.38. The molecule has 2 aliphatic heterocycles. The lowest BCUT2D eigenvalue weighted by Crippen LogP contribution is -2.52. The molecule has 2 fully saturated rings. The molecule has 1 aromatic carbocycles. The molecule has 0 amide bonds. The summed E-state index contributed by atoms with van der Waals surface area (Å²) >= 11 is 6.33. The zero-order valence-electron chi connectivity index (χ0n) is 16.0. The zero-order chi connectivity index (χ0) is 18.2. The fourth-order valence-electron chi connectivity index (χ4n) is 3.87. The van der Waals surface area contributed by atoms with Crippen molar-refractivity contribution >= 4 is 23.2 Å². The van der Waals surface area contributed by atoms with Crippen molar-refractivity contribution in [3.05, 3.63) is 29.3 Å². The number of halogens is 1. The number of anilines is 1. The molecule has 1 N–H and O–H groups in total. The van der Waals surface area contributed by atoms with Crippen molar-refractivity contribution in [2.75, 3.05) is 64.3 Å². The van der Waals surface area contributed by atoms with E-state index in [9.17, 15) is 0 Å². The first kappa shape index (κ1) is 19.3. The molecule has 1 aromatic rings. The van der Waals surface area contributed by atoms with Crippen LogP contribution in [0.1, 0.15) is 25.7 Å². The third kappa shape index (κ3) is 5.27. The summed E-state index contributed by atoms with van der Waals surface area (Å²) in [5.41, 5.74) is 1.14. The lowest BCUT2D eigenvalue weighted by Gasteiger charge is -2.38. The highest BCUT2D eigenvalue weighted by atomic mass is 35.5. The van der Waals surface area contributed by atoms with Gasteiger partial charge in [-0.25, -0.2) is 0 Å². The van der Waals surface area contributed by atoms with Crippen LogP contribution in [0.15, 0.2) is 29.3 Å². The van der Waals surface area contributed by atoms with Gasteiger partial charge in [0.25, 0.3) is 0 Å². The van der Waals surface area contributed by atoms with E-state index in [0.29, 0.717) is 0 Å². The van der Waals surface area contributed by atoms with Crippen LogP contribution in [0.3, 0.4) is 0 Å². The average Bonchev–Trinajstić information content (AvgIpc) is 3.19. The van der Waals surface area contributed by atoms with Crippen molar-refractivity contribution in [1.82, 2.24) is 15.1 Å². The van der Waals surface area contributed by atoms with E-state index in [1.165, 1.54) is 45.3 Å². The summed E-state index contributed by atoms with van der Waals surface area (Å²) in [6, 6.07) is 8.10. The van der Waals surface area contributed by atoms with Gasteiger partial charge in [0.2, 0.25) is 0 Å². The van der Waals surface area contributed by atoms with Crippen LogP contribution in [0.25, 0.3) is 0 Å². The van der Waals surface area contributed by atoms with Crippen molar-refractivity contribution in [1.29, 1.82) is 0 Å². The number of nitrogens with zero attached hydrogens (tertiary/aromatic N) is 4. The van der Waals surface area contributed by atoms with E-state index >= 15 is 0 Å². The van der Waals surface area contributed by atoms with Gasteiger partial charge in [0.05, 0.1) is 10.7 Å². The van der Waals surface area contributed by atoms with Crippen LogP contribution in [0.4, 0.5) is 5.69 Å². The fraction of sp³-hybridized carbons (Fsp3) is 0.650. The van der Waals surface area contributed by atoms with Crippen molar-refractivity contribution in [3.63, 3.8) is 0 Å². The third-order valence-corrected chi connectivity index (χ3v) is 5.69. The van der Waals surface area contributed by atoms with Crippen molar-refractivity contribution < 1.29 is 0 Å². The molecule has 2 saturated heterocycles. The molecule has 0 radical (unpaired) electrons. The van der Waals surface area contributed by atoms with Crippen LogP contribution < -0.4 is 10.2 Å². The van der Waals surface area contributed by atoms with Crippen LogP contribution >= 0.6 is 11.6 Å². The monoisotopic (exact) mass is 377 g/mol. The largest absolute Gasteiger partial charge is 0.367 e. The second kappa shape index (κ2) is 10.0. The van der Waals surface area contributed by atoms with Crippen LogP contribution in [0.2, 0.25) is 5.02 Å². The molecule has 6 heteroatoms. The van der Waals surface area contributed by atoms with Crippen LogP contribution in [-0.2, 0) is 0 Å². The van der Waals surface area contributed by atoms with Gasteiger partial charge in [-0.05, 0) is 57.5 Å². The van der Waals surface area contributed by atoms with E-state index in [2.05, 4.69) is 37.1 Å². The van der Waals surface area contributed by atoms with E-state index in [-0.39, 0.29) is 0 Å². The van der Waals surface area contributed by atoms with Gasteiger partial charge >= 0.3 is 0 Å². The maximum Gasteiger partial charge on any atom is 0.193 e. The Morgan fingerprint density at radius 2 is 1.77 bits per heavy atom. The van der Waals surface area contributed by atoms with Gasteiger partial charge in [-0.2, -0.15) is 0 Å². The van der Waals surface area contributed by atoms with Gasteiger partial charge in [0.1, 0.15) is 0 Å². The van der Waals surface area contributed by atoms with E-state index in [0.717, 1.165) is 49.4 Å². The zero-order valence-corrected chi connectivity index (χ0v) is 16.7. The Morgan fingerprint density at radius 3 is 2.46 bits per heavy atom. The summed E-state index contributed by atoms with van der Waals surface area (Å²) in [7, 11) is 1.88. The van der Waals surface area contributed by atoms with Crippen molar-refractivity contribution in [2.45, 2.75) is 25.7 Å². The molecule has 0 spiro atoms. The number of guanidine groups is 1. The summed E-state index contributed by atoms with van der Waals surface area (Å²) in [4.78, 5) is 11.8. The molecule has 3 rings (SSSR count). The molecule has 0 aliphatic carbocycles. The number of para-hydroxylation sites is 1. The van der Waals surface area contributed by atoms with E-state index in [4.69, 9.17) is 11.6 Å². The number of aliphatic imine (C=N–C) groups is 1. The molecule has 2 heterocycles. The third-order valence-electron chi connectivity index (χ3n) is 5.37. The van der Waals surface area contributed by atoms with Crippen molar-refractivity contribution in [2.24, 2.45) is 4.99 Å². The topological polar surface area (TPSA) is 34.1 Å². The van der Waals surface area contributed by atoms with Gasteiger partial charge in [-0.1, -0.05) is 23.7 Å². The minimum Gasteiger partial charge on any atom is -0.367 e. The fourth-order valence-corrected chi connectivity index (χ4v) is 4.12. The quantitative estimate of drug-likeness (QED) is 0.469. The number of nitrogens with one attached hydrogen (secondary N) is 1. The first-order chi connectivity index (χ1) is 12.8.